The van der Waals surface area contributed by atoms with E-state index in [1.807, 2.05) is 0 Å². The van der Waals surface area contributed by atoms with Gasteiger partial charge in [-0.1, -0.05) is 6.58 Å². The minimum atomic E-state index is -5.75. The zero-order valence-electron chi connectivity index (χ0n) is 18.1. The third kappa shape index (κ3) is 6.74. The number of carbonyl (C=O) groups excluding carboxylic acids is 1. The summed E-state index contributed by atoms with van der Waals surface area (Å²) in [5.41, 5.74) is 0. The number of aliphatic hydroxyl groups excluding tert-OH is 5. The molecule has 5 unspecified atom stereocenters. The Hall–Kier alpha value is -0.920. The Kier molecular flexibility index (Phi) is 9.42. The van der Waals surface area contributed by atoms with Crippen LogP contribution in [0.15, 0.2) is 24.7 Å². The molecule has 11 atom stereocenters. The van der Waals surface area contributed by atoms with Gasteiger partial charge in [0, 0.05) is 12.3 Å². The first-order valence-corrected chi connectivity index (χ1v) is 13.6. The Morgan fingerprint density at radius 1 is 1.14 bits per heavy atom. The van der Waals surface area contributed by atoms with E-state index in [1.54, 1.807) is 0 Å². The van der Waals surface area contributed by atoms with E-state index in [9.17, 15) is 49.2 Å². The normalized spacial score (nSPS) is 40.6. The van der Waals surface area contributed by atoms with Crippen molar-refractivity contribution in [3.8, 4) is 0 Å². The number of ether oxygens (including phenoxy) is 2. The number of phosphoric acid groups is 2. The predicted octanol–water partition coefficient (Wildman–Crippen LogP) is -3.79. The third-order valence-electron chi connectivity index (χ3n) is 5.26. The first-order chi connectivity index (χ1) is 16.7. The number of hydrogen-bond donors (Lipinski definition) is 8. The molecule has 3 rings (SSSR count). The molecule has 0 radical (unpaired) electrons. The van der Waals surface area contributed by atoms with E-state index < -0.39 is 89.2 Å². The largest absolute Gasteiger partial charge is 0.756 e. The highest BCUT2D eigenvalue weighted by atomic mass is 32.1. The van der Waals surface area contributed by atoms with Crippen LogP contribution >= 0.6 is 28.3 Å². The summed E-state index contributed by atoms with van der Waals surface area (Å²) in [6.45, 7) is 1.89. The summed E-state index contributed by atoms with van der Waals surface area (Å²) in [4.78, 5) is 34.4. The van der Waals surface area contributed by atoms with Crippen LogP contribution < -0.4 is 10.2 Å². The van der Waals surface area contributed by atoms with E-state index in [1.165, 1.54) is 11.1 Å². The first kappa shape index (κ1) is 29.6. The molecule has 0 aliphatic carbocycles. The van der Waals surface area contributed by atoms with Crippen LogP contribution in [0.4, 0.5) is 0 Å². The topological polar surface area (TPSA) is 257 Å². The highest BCUT2D eigenvalue weighted by Gasteiger charge is 2.48. The maximum absolute atomic E-state index is 12.2. The maximum Gasteiger partial charge on any atom is 0.478 e. The van der Waals surface area contributed by atoms with Gasteiger partial charge in [-0.25, -0.2) is 8.88 Å². The van der Waals surface area contributed by atoms with Crippen molar-refractivity contribution in [2.75, 3.05) is 13.2 Å². The first-order valence-electron chi connectivity index (χ1n) is 10.1. The molecule has 0 bridgehead atoms. The van der Waals surface area contributed by atoms with Crippen LogP contribution in [0.5, 0.6) is 0 Å². The van der Waals surface area contributed by atoms with Gasteiger partial charge in [0.15, 0.2) is 12.5 Å². The second-order valence-corrected chi connectivity index (χ2v) is 11.4. The molecule has 3 aliphatic heterocycles. The quantitative estimate of drug-likeness (QED) is 0.0962. The lowest BCUT2D eigenvalue weighted by atomic mass is 10.0. The third-order valence-corrected chi connectivity index (χ3v) is 8.47. The average molecular weight is 579 g/mol. The number of phosphoric ester groups is 2. The predicted molar refractivity (Wildman–Crippen MR) is 115 cm³/mol. The molecule has 17 nitrogen and oxygen atoms in total. The van der Waals surface area contributed by atoms with E-state index in [4.69, 9.17) is 9.47 Å². The van der Waals surface area contributed by atoms with Crippen LogP contribution in [0.1, 0.15) is 0 Å². The number of hydrogen-bond acceptors (Lipinski definition) is 16. The Bertz CT molecular complexity index is 968. The molecule has 0 aromatic heterocycles. The van der Waals surface area contributed by atoms with Crippen LogP contribution in [0, 0.1) is 0 Å². The minimum absolute atomic E-state index is 0.00540. The van der Waals surface area contributed by atoms with Crippen LogP contribution in [-0.2, 0) is 36.8 Å². The van der Waals surface area contributed by atoms with Gasteiger partial charge < -0.3 is 55.0 Å². The van der Waals surface area contributed by atoms with Crippen molar-refractivity contribution in [1.82, 2.24) is 10.2 Å². The Morgan fingerprint density at radius 3 is 2.42 bits per heavy atom. The molecular formula is C16H25N2O15P2S-. The summed E-state index contributed by atoms with van der Waals surface area (Å²) < 4.78 is 47.7. The van der Waals surface area contributed by atoms with Crippen molar-refractivity contribution in [2.45, 2.75) is 54.4 Å². The SMILES string of the molecule is C=C1NC(=O)C=CN1[C@@H]1O[C@H](COP(=O)(O)OP(=O)([O-])O[C@@H]2OC(CO)[C@H](S)[C@H](O)C2O)[C@H](O)C1O. The molecule has 0 aromatic rings. The van der Waals surface area contributed by atoms with Crippen LogP contribution in [0.25, 0.3) is 0 Å². The van der Waals surface area contributed by atoms with Gasteiger partial charge in [-0.05, 0) is 0 Å². The van der Waals surface area contributed by atoms with Crippen molar-refractivity contribution < 1.29 is 72.1 Å². The monoisotopic (exact) mass is 579 g/mol. The molecule has 1 amide bonds. The molecule has 0 saturated carbocycles. The van der Waals surface area contributed by atoms with Crippen molar-refractivity contribution in [3.63, 3.8) is 0 Å². The number of carbonyl (C=O) groups is 1. The number of nitrogens with one attached hydrogen (secondary N) is 1. The fourth-order valence-electron chi connectivity index (χ4n) is 3.44. The Morgan fingerprint density at radius 2 is 1.81 bits per heavy atom. The number of nitrogens with zero attached hydrogens (tertiary/aromatic N) is 1. The second kappa shape index (κ2) is 11.4. The molecule has 7 N–H and O–H groups in total. The Balaban J connectivity index is 1.58. The number of rotatable bonds is 9. The van der Waals surface area contributed by atoms with E-state index >= 15 is 0 Å². The highest BCUT2D eigenvalue weighted by Crippen LogP contribution is 2.59. The summed E-state index contributed by atoms with van der Waals surface area (Å²) in [5, 5.41) is 50.7. The van der Waals surface area contributed by atoms with Gasteiger partial charge in [0.05, 0.1) is 30.7 Å². The second-order valence-electron chi connectivity index (χ2n) is 7.80. The molecule has 0 aromatic carbocycles. The van der Waals surface area contributed by atoms with Gasteiger partial charge in [-0.15, -0.1) is 0 Å². The summed E-state index contributed by atoms with van der Waals surface area (Å²) >= 11 is 3.93. The molecule has 36 heavy (non-hydrogen) atoms. The van der Waals surface area contributed by atoms with Gasteiger partial charge >= 0.3 is 7.82 Å². The van der Waals surface area contributed by atoms with Crippen LogP contribution in [-0.4, -0.2) is 109 Å². The van der Waals surface area contributed by atoms with Crippen LogP contribution in [0.2, 0.25) is 0 Å². The summed E-state index contributed by atoms with van der Waals surface area (Å²) in [5.74, 6) is -0.490. The summed E-state index contributed by atoms with van der Waals surface area (Å²) in [6, 6.07) is 0. The smallest absolute Gasteiger partial charge is 0.478 e. The van der Waals surface area contributed by atoms with E-state index in [0.29, 0.717) is 0 Å². The number of thiol groups is 1. The van der Waals surface area contributed by atoms with E-state index in [-0.39, 0.29) is 5.82 Å². The molecular weight excluding hydrogens is 554 g/mol. The molecule has 2 saturated heterocycles. The fraction of sp³-hybridized carbons (Fsp3) is 0.688. The molecule has 20 heteroatoms. The minimum Gasteiger partial charge on any atom is -0.756 e. The van der Waals surface area contributed by atoms with Gasteiger partial charge in [0.2, 0.25) is 0 Å². The average Bonchev–Trinajstić information content (AvgIpc) is 3.06. The molecule has 2 fully saturated rings. The van der Waals surface area contributed by atoms with E-state index in [0.717, 1.165) is 6.08 Å². The highest BCUT2D eigenvalue weighted by molar-refractivity contribution is 7.81. The lowest BCUT2D eigenvalue weighted by Crippen LogP contribution is -2.57. The van der Waals surface area contributed by atoms with Crippen molar-refractivity contribution in [3.05, 3.63) is 24.7 Å². The standard InChI is InChI=1S/C16H26N2O15P2S/c1-6-17-9(20)2-3-18(6)15-12(23)10(21)8(30-15)5-29-34(25,26)33-35(27,28)32-16-13(24)11(22)14(36)7(4-19)31-16/h2-3,7-8,10-16,19,21-24,36H,1,4-5H2,(H,17,20)(H,25,26)(H,27,28)/p-1/t7?,8-,10+,11-,12?,13?,14+,15-,16+/m1/s1. The zero-order valence-corrected chi connectivity index (χ0v) is 20.8. The van der Waals surface area contributed by atoms with E-state index in [2.05, 4.69) is 37.9 Å². The molecule has 3 heterocycles. The number of amides is 1. The Labute approximate surface area is 209 Å². The van der Waals surface area contributed by atoms with Gasteiger partial charge in [-0.2, -0.15) is 12.6 Å². The van der Waals surface area contributed by atoms with Gasteiger partial charge in [0.1, 0.15) is 30.2 Å². The van der Waals surface area contributed by atoms with Gasteiger partial charge in [-0.3, -0.25) is 18.4 Å². The molecule has 206 valence electrons. The van der Waals surface area contributed by atoms with Crippen molar-refractivity contribution in [2.24, 2.45) is 0 Å². The van der Waals surface area contributed by atoms with Crippen molar-refractivity contribution >= 4 is 34.2 Å². The molecule has 3 aliphatic rings. The van der Waals surface area contributed by atoms with Crippen molar-refractivity contribution in [1.29, 1.82) is 0 Å². The lowest BCUT2D eigenvalue weighted by Gasteiger charge is -2.41. The summed E-state index contributed by atoms with van der Waals surface area (Å²) in [6.07, 6.45) is -10.8. The maximum atomic E-state index is 12.2. The zero-order chi connectivity index (χ0) is 27.0. The fourth-order valence-corrected chi connectivity index (χ4v) is 5.90. The van der Waals surface area contributed by atoms with Crippen LogP contribution in [0.3, 0.4) is 0 Å². The lowest BCUT2D eigenvalue weighted by molar-refractivity contribution is -0.279. The van der Waals surface area contributed by atoms with Gasteiger partial charge in [0.25, 0.3) is 13.7 Å². The summed E-state index contributed by atoms with van der Waals surface area (Å²) in [7, 11) is -11.2. The number of aliphatic hydroxyl groups is 5. The molecule has 0 spiro atoms.